The molecule has 0 radical (unpaired) electrons. The monoisotopic (exact) mass is 320 g/mol. The first-order valence-electron chi connectivity index (χ1n) is 8.04. The molecule has 0 bridgehead atoms. The fourth-order valence-corrected chi connectivity index (χ4v) is 3.45. The van der Waals surface area contributed by atoms with E-state index in [0.29, 0.717) is 37.6 Å². The molecule has 0 aliphatic carbocycles. The van der Waals surface area contributed by atoms with E-state index in [2.05, 4.69) is 0 Å². The number of hydrogen-bond donors (Lipinski definition) is 0. The average molecular weight is 320 g/mol. The third kappa shape index (κ3) is 3.06. The van der Waals surface area contributed by atoms with Crippen LogP contribution in [-0.2, 0) is 0 Å². The Hall–Kier alpha value is -2.38. The minimum absolute atomic E-state index is 0.0283. The summed E-state index contributed by atoms with van der Waals surface area (Å²) in [5.74, 6) is 0. The van der Waals surface area contributed by atoms with Crippen LogP contribution in [-0.4, -0.2) is 36.0 Å². The second-order valence-electron chi connectivity index (χ2n) is 6.09. The molecule has 0 saturated carbocycles. The van der Waals surface area contributed by atoms with Gasteiger partial charge in [0.05, 0.1) is 9.85 Å². The molecule has 3 rings (SSSR count). The summed E-state index contributed by atoms with van der Waals surface area (Å²) >= 11 is 0. The Morgan fingerprint density at radius 1 is 0.696 bits per heavy atom. The minimum atomic E-state index is -0.426. The summed E-state index contributed by atoms with van der Waals surface area (Å²) in [5, 5.41) is 23.0. The van der Waals surface area contributed by atoms with Gasteiger partial charge in [-0.3, -0.25) is 20.2 Å². The van der Waals surface area contributed by atoms with Gasteiger partial charge in [-0.2, -0.15) is 0 Å². The molecule has 2 aliphatic heterocycles. The highest BCUT2D eigenvalue weighted by Gasteiger charge is 2.31. The number of rotatable bonds is 4. The van der Waals surface area contributed by atoms with Crippen molar-refractivity contribution < 1.29 is 9.85 Å². The maximum Gasteiger partial charge on any atom is 0.295 e. The van der Waals surface area contributed by atoms with E-state index in [4.69, 9.17) is 0 Å². The highest BCUT2D eigenvalue weighted by atomic mass is 16.6. The molecule has 1 aromatic carbocycles. The maximum atomic E-state index is 11.5. The van der Waals surface area contributed by atoms with E-state index in [1.807, 2.05) is 9.80 Å². The Morgan fingerprint density at radius 2 is 1.04 bits per heavy atom. The minimum Gasteiger partial charge on any atom is -0.366 e. The van der Waals surface area contributed by atoms with Crippen LogP contribution < -0.4 is 9.80 Å². The highest BCUT2D eigenvalue weighted by Crippen LogP contribution is 2.41. The molecule has 2 aliphatic rings. The van der Waals surface area contributed by atoms with E-state index >= 15 is 0 Å². The van der Waals surface area contributed by atoms with E-state index in [0.717, 1.165) is 32.1 Å². The summed E-state index contributed by atoms with van der Waals surface area (Å²) < 4.78 is 0. The molecule has 0 amide bonds. The van der Waals surface area contributed by atoms with Gasteiger partial charge in [-0.25, -0.2) is 0 Å². The Kier molecular flexibility index (Phi) is 4.31. The van der Waals surface area contributed by atoms with Crippen molar-refractivity contribution in [3.63, 3.8) is 0 Å². The van der Waals surface area contributed by atoms with E-state index in [1.165, 1.54) is 12.1 Å². The largest absolute Gasteiger partial charge is 0.366 e. The molecule has 2 saturated heterocycles. The fourth-order valence-electron chi connectivity index (χ4n) is 3.45. The molecule has 0 aromatic heterocycles. The topological polar surface area (TPSA) is 92.8 Å². The van der Waals surface area contributed by atoms with Crippen molar-refractivity contribution in [2.45, 2.75) is 32.1 Å². The first-order valence-corrected chi connectivity index (χ1v) is 8.04. The lowest BCUT2D eigenvalue weighted by molar-refractivity contribution is -0.388. The molecule has 0 N–H and O–H groups in total. The van der Waals surface area contributed by atoms with Gasteiger partial charge in [0.1, 0.15) is 11.4 Å². The van der Waals surface area contributed by atoms with Crippen LogP contribution in [0.3, 0.4) is 0 Å². The molecule has 0 spiro atoms. The van der Waals surface area contributed by atoms with Gasteiger partial charge >= 0.3 is 0 Å². The first-order chi connectivity index (χ1) is 11.1. The van der Waals surface area contributed by atoms with Gasteiger partial charge in [-0.15, -0.1) is 0 Å². The van der Waals surface area contributed by atoms with Crippen LogP contribution in [0.1, 0.15) is 32.1 Å². The molecular weight excluding hydrogens is 300 g/mol. The lowest BCUT2D eigenvalue weighted by Gasteiger charge is -2.29. The number of benzene rings is 1. The van der Waals surface area contributed by atoms with Crippen molar-refractivity contribution in [1.82, 2.24) is 0 Å². The zero-order valence-corrected chi connectivity index (χ0v) is 12.9. The summed E-state index contributed by atoms with van der Waals surface area (Å²) in [7, 11) is 0. The fraction of sp³-hybridized carbons (Fsp3) is 0.600. The third-order valence-electron chi connectivity index (χ3n) is 4.61. The zero-order chi connectivity index (χ0) is 16.4. The van der Waals surface area contributed by atoms with Crippen LogP contribution in [0.4, 0.5) is 22.7 Å². The van der Waals surface area contributed by atoms with Crippen LogP contribution in [0.25, 0.3) is 0 Å². The molecular formula is C15H20N4O4. The molecule has 124 valence electrons. The maximum absolute atomic E-state index is 11.5. The van der Waals surface area contributed by atoms with Gasteiger partial charge in [0.2, 0.25) is 0 Å². The predicted molar refractivity (Wildman–Crippen MR) is 87.3 cm³/mol. The summed E-state index contributed by atoms with van der Waals surface area (Å²) in [6.45, 7) is 2.84. The van der Waals surface area contributed by atoms with Gasteiger partial charge in [0.15, 0.2) is 0 Å². The standard InChI is InChI=1S/C15H20N4O4/c20-18(21)14-11-13(17-8-4-5-9-17)15(19(22)23)10-12(14)16-6-2-1-3-7-16/h10-11H,1-9H2. The van der Waals surface area contributed by atoms with Crippen LogP contribution in [0.2, 0.25) is 0 Å². The normalized spacial score (nSPS) is 18.3. The molecule has 0 unspecified atom stereocenters. The van der Waals surface area contributed by atoms with Crippen molar-refractivity contribution in [1.29, 1.82) is 0 Å². The summed E-state index contributed by atoms with van der Waals surface area (Å²) in [4.78, 5) is 25.9. The number of piperidine rings is 1. The highest BCUT2D eigenvalue weighted by molar-refractivity contribution is 5.78. The Labute approximate surface area is 134 Å². The summed E-state index contributed by atoms with van der Waals surface area (Å²) in [6, 6.07) is 2.80. The average Bonchev–Trinajstić information content (AvgIpc) is 3.08. The number of nitro benzene ring substituents is 2. The molecule has 0 atom stereocenters. The lowest BCUT2D eigenvalue weighted by atomic mass is 10.1. The molecule has 23 heavy (non-hydrogen) atoms. The Morgan fingerprint density at radius 3 is 1.39 bits per heavy atom. The molecule has 8 heteroatoms. The van der Waals surface area contributed by atoms with Gasteiger partial charge in [0, 0.05) is 38.3 Å². The van der Waals surface area contributed by atoms with Crippen molar-refractivity contribution in [2.75, 3.05) is 36.0 Å². The van der Waals surface area contributed by atoms with Crippen LogP contribution >= 0.6 is 0 Å². The predicted octanol–water partition coefficient (Wildman–Crippen LogP) is 3.09. The quantitative estimate of drug-likeness (QED) is 0.625. The second-order valence-corrected chi connectivity index (χ2v) is 6.09. The van der Waals surface area contributed by atoms with Gasteiger partial charge in [-0.05, 0) is 32.1 Å². The Balaban J connectivity index is 2.09. The number of anilines is 2. The van der Waals surface area contributed by atoms with Crippen molar-refractivity contribution >= 4 is 22.7 Å². The van der Waals surface area contributed by atoms with Gasteiger partial charge < -0.3 is 9.80 Å². The van der Waals surface area contributed by atoms with Gasteiger partial charge in [-0.1, -0.05) is 0 Å². The zero-order valence-electron chi connectivity index (χ0n) is 12.9. The van der Waals surface area contributed by atoms with Crippen LogP contribution in [0.5, 0.6) is 0 Å². The van der Waals surface area contributed by atoms with Crippen molar-refractivity contribution in [2.24, 2.45) is 0 Å². The van der Waals surface area contributed by atoms with Crippen LogP contribution in [0.15, 0.2) is 12.1 Å². The van der Waals surface area contributed by atoms with Crippen molar-refractivity contribution in [3.8, 4) is 0 Å². The summed E-state index contributed by atoms with van der Waals surface area (Å²) in [6.07, 6.45) is 4.92. The molecule has 8 nitrogen and oxygen atoms in total. The van der Waals surface area contributed by atoms with E-state index < -0.39 is 9.85 Å². The van der Waals surface area contributed by atoms with Crippen molar-refractivity contribution in [3.05, 3.63) is 32.4 Å². The van der Waals surface area contributed by atoms with Crippen LogP contribution in [0, 0.1) is 20.2 Å². The smallest absolute Gasteiger partial charge is 0.295 e. The molecule has 2 heterocycles. The van der Waals surface area contributed by atoms with Gasteiger partial charge in [0.25, 0.3) is 11.4 Å². The van der Waals surface area contributed by atoms with E-state index in [1.54, 1.807) is 0 Å². The Bertz CT molecular complexity index is 622. The number of nitrogens with zero attached hydrogens (tertiary/aromatic N) is 4. The number of hydrogen-bond acceptors (Lipinski definition) is 6. The SMILES string of the molecule is O=[N+]([O-])c1cc(N2CCCC2)c([N+](=O)[O-])cc1N1CCCCC1. The van der Waals surface area contributed by atoms with E-state index in [9.17, 15) is 20.2 Å². The summed E-state index contributed by atoms with van der Waals surface area (Å²) in [5.41, 5.74) is 0.696. The molecule has 1 aromatic rings. The van der Waals surface area contributed by atoms with E-state index in [-0.39, 0.29) is 11.4 Å². The third-order valence-corrected chi connectivity index (χ3v) is 4.61. The first kappa shape index (κ1) is 15.5. The second kappa shape index (κ2) is 6.39. The lowest BCUT2D eigenvalue weighted by Crippen LogP contribution is -2.30. The molecule has 2 fully saturated rings. The number of nitro groups is 2.